The van der Waals surface area contributed by atoms with Gasteiger partial charge >= 0.3 is 0 Å². The molecule has 0 aliphatic rings. The van der Waals surface area contributed by atoms with Gasteiger partial charge in [-0.25, -0.2) is 0 Å². The second kappa shape index (κ2) is 6.91. The van der Waals surface area contributed by atoms with E-state index in [9.17, 15) is 0 Å². The number of methoxy groups -OCH3 is 1. The van der Waals surface area contributed by atoms with E-state index in [-0.39, 0.29) is 6.61 Å². The maximum atomic E-state index is 5.70. The molecule has 20 heavy (non-hydrogen) atoms. The van der Waals surface area contributed by atoms with Crippen LogP contribution < -0.4 is 15.2 Å². The normalized spacial score (nSPS) is 10.6. The molecule has 6 heteroatoms. The van der Waals surface area contributed by atoms with Crippen LogP contribution in [0.15, 0.2) is 22.6 Å². The molecule has 0 radical (unpaired) electrons. The highest BCUT2D eigenvalue weighted by molar-refractivity contribution is 5.43. The number of nitrogens with zero attached hydrogens (tertiary/aromatic N) is 2. The van der Waals surface area contributed by atoms with Gasteiger partial charge in [-0.3, -0.25) is 0 Å². The third-order valence-corrected chi connectivity index (χ3v) is 2.82. The summed E-state index contributed by atoms with van der Waals surface area (Å²) in [6.45, 7) is 2.77. The topological polar surface area (TPSA) is 83.4 Å². The molecule has 1 heterocycles. The molecule has 0 aliphatic heterocycles. The number of ether oxygens (including phenoxy) is 2. The lowest BCUT2D eigenvalue weighted by Crippen LogP contribution is -2.04. The molecule has 0 atom stereocenters. The van der Waals surface area contributed by atoms with Crippen LogP contribution in [0.1, 0.15) is 24.3 Å². The molecule has 0 bridgehead atoms. The molecule has 6 nitrogen and oxygen atoms in total. The summed E-state index contributed by atoms with van der Waals surface area (Å²) in [5, 5.41) is 7.81. The predicted molar refractivity (Wildman–Crippen MR) is 73.8 cm³/mol. The van der Waals surface area contributed by atoms with Crippen LogP contribution in [0, 0.1) is 0 Å². The molecule has 108 valence electrons. The third-order valence-electron chi connectivity index (χ3n) is 2.82. The van der Waals surface area contributed by atoms with Gasteiger partial charge < -0.3 is 19.6 Å². The van der Waals surface area contributed by atoms with Gasteiger partial charge in [0.15, 0.2) is 18.1 Å². The lowest BCUT2D eigenvalue weighted by molar-refractivity contribution is 0.247. The summed E-state index contributed by atoms with van der Waals surface area (Å²) in [6, 6.07) is 5.76. The number of nitrogens with two attached hydrogens (primary N) is 1. The summed E-state index contributed by atoms with van der Waals surface area (Å²) in [5.74, 6) is 2.37. The summed E-state index contributed by atoms with van der Waals surface area (Å²) in [6.07, 6.45) is 1.50. The third kappa shape index (κ3) is 3.48. The molecule has 1 aromatic heterocycles. The Morgan fingerprint density at radius 3 is 2.65 bits per heavy atom. The fourth-order valence-electron chi connectivity index (χ4n) is 1.79. The summed E-state index contributed by atoms with van der Waals surface area (Å²) in [5.41, 5.74) is 6.66. The standard InChI is InChI=1S/C14H19N3O3/c1-3-13-16-17-14(20-13)9-19-12-8-10(6-7-15)4-5-11(12)18-2/h4-5,8H,3,6-7,9,15H2,1-2H3. The van der Waals surface area contributed by atoms with Gasteiger partial charge in [-0.2, -0.15) is 0 Å². The zero-order valence-corrected chi connectivity index (χ0v) is 11.8. The van der Waals surface area contributed by atoms with E-state index in [1.54, 1.807) is 7.11 Å². The first kappa shape index (κ1) is 14.3. The monoisotopic (exact) mass is 277 g/mol. The minimum Gasteiger partial charge on any atom is -0.493 e. The van der Waals surface area contributed by atoms with E-state index in [1.165, 1.54) is 0 Å². The Hall–Kier alpha value is -2.08. The minimum atomic E-state index is 0.218. The minimum absolute atomic E-state index is 0.218. The van der Waals surface area contributed by atoms with E-state index in [1.807, 2.05) is 25.1 Å². The quantitative estimate of drug-likeness (QED) is 0.829. The average Bonchev–Trinajstić information content (AvgIpc) is 2.93. The van der Waals surface area contributed by atoms with E-state index in [4.69, 9.17) is 19.6 Å². The van der Waals surface area contributed by atoms with Crippen molar-refractivity contribution >= 4 is 0 Å². The van der Waals surface area contributed by atoms with Crippen LogP contribution in [-0.4, -0.2) is 23.9 Å². The number of benzene rings is 1. The fraction of sp³-hybridized carbons (Fsp3) is 0.429. The van der Waals surface area contributed by atoms with E-state index in [2.05, 4.69) is 10.2 Å². The number of rotatable bonds is 7. The lowest BCUT2D eigenvalue weighted by Gasteiger charge is -2.10. The van der Waals surface area contributed by atoms with E-state index in [0.717, 1.165) is 12.0 Å². The summed E-state index contributed by atoms with van der Waals surface area (Å²) < 4.78 is 16.4. The Kier molecular flexibility index (Phi) is 4.95. The first-order valence-corrected chi connectivity index (χ1v) is 6.57. The molecular formula is C14H19N3O3. The van der Waals surface area contributed by atoms with E-state index < -0.39 is 0 Å². The van der Waals surface area contributed by atoms with Gasteiger partial charge in [-0.05, 0) is 30.7 Å². The summed E-state index contributed by atoms with van der Waals surface area (Å²) >= 11 is 0. The second-order valence-corrected chi connectivity index (χ2v) is 4.26. The van der Waals surface area contributed by atoms with Crippen LogP contribution in [0.4, 0.5) is 0 Å². The summed E-state index contributed by atoms with van der Waals surface area (Å²) in [4.78, 5) is 0. The molecule has 2 rings (SSSR count). The van der Waals surface area contributed by atoms with Crippen molar-refractivity contribution in [2.45, 2.75) is 26.4 Å². The number of hydrogen-bond acceptors (Lipinski definition) is 6. The maximum absolute atomic E-state index is 5.70. The smallest absolute Gasteiger partial charge is 0.253 e. The average molecular weight is 277 g/mol. The molecule has 0 spiro atoms. The molecule has 2 N–H and O–H groups in total. The zero-order valence-electron chi connectivity index (χ0n) is 11.8. The first-order valence-electron chi connectivity index (χ1n) is 6.57. The molecule has 1 aromatic carbocycles. The van der Waals surface area contributed by atoms with Crippen molar-refractivity contribution in [2.75, 3.05) is 13.7 Å². The second-order valence-electron chi connectivity index (χ2n) is 4.26. The molecule has 2 aromatic rings. The van der Waals surface area contributed by atoms with Crippen LogP contribution in [0.2, 0.25) is 0 Å². The fourth-order valence-corrected chi connectivity index (χ4v) is 1.79. The van der Waals surface area contributed by atoms with Crippen molar-refractivity contribution in [1.29, 1.82) is 0 Å². The van der Waals surface area contributed by atoms with Gasteiger partial charge in [0.2, 0.25) is 5.89 Å². The Morgan fingerprint density at radius 1 is 1.20 bits per heavy atom. The van der Waals surface area contributed by atoms with Gasteiger partial charge in [0, 0.05) is 6.42 Å². The highest BCUT2D eigenvalue weighted by Crippen LogP contribution is 2.28. The van der Waals surface area contributed by atoms with Crippen LogP contribution in [-0.2, 0) is 19.4 Å². The van der Waals surface area contributed by atoms with Crippen LogP contribution in [0.3, 0.4) is 0 Å². The van der Waals surface area contributed by atoms with Crippen molar-refractivity contribution in [3.05, 3.63) is 35.5 Å². The van der Waals surface area contributed by atoms with Crippen molar-refractivity contribution in [3.8, 4) is 11.5 Å². The lowest BCUT2D eigenvalue weighted by atomic mass is 10.1. The van der Waals surface area contributed by atoms with Gasteiger partial charge in [-0.1, -0.05) is 13.0 Å². The molecule has 0 fully saturated rings. The van der Waals surface area contributed by atoms with Crippen molar-refractivity contribution in [2.24, 2.45) is 5.73 Å². The van der Waals surface area contributed by atoms with Crippen molar-refractivity contribution < 1.29 is 13.9 Å². The first-order chi connectivity index (χ1) is 9.76. The van der Waals surface area contributed by atoms with Crippen molar-refractivity contribution in [3.63, 3.8) is 0 Å². The summed E-state index contributed by atoms with van der Waals surface area (Å²) in [7, 11) is 1.60. The van der Waals surface area contributed by atoms with Crippen LogP contribution in [0.5, 0.6) is 11.5 Å². The number of hydrogen-bond donors (Lipinski definition) is 1. The van der Waals surface area contributed by atoms with Gasteiger partial charge in [0.1, 0.15) is 0 Å². The van der Waals surface area contributed by atoms with Crippen LogP contribution in [0.25, 0.3) is 0 Å². The molecular weight excluding hydrogens is 258 g/mol. The Labute approximate surface area is 117 Å². The van der Waals surface area contributed by atoms with Gasteiger partial charge in [-0.15, -0.1) is 10.2 Å². The van der Waals surface area contributed by atoms with Gasteiger partial charge in [0.25, 0.3) is 5.89 Å². The SMILES string of the molecule is CCc1nnc(COc2cc(CCN)ccc2OC)o1. The number of aromatic nitrogens is 2. The van der Waals surface area contributed by atoms with Crippen LogP contribution >= 0.6 is 0 Å². The Morgan fingerprint density at radius 2 is 2.00 bits per heavy atom. The van der Waals surface area contributed by atoms with Crippen molar-refractivity contribution in [1.82, 2.24) is 10.2 Å². The molecule has 0 aliphatic carbocycles. The number of aryl methyl sites for hydroxylation is 1. The Bertz CT molecular complexity index is 554. The Balaban J connectivity index is 2.08. The van der Waals surface area contributed by atoms with E-state index in [0.29, 0.717) is 36.2 Å². The van der Waals surface area contributed by atoms with Gasteiger partial charge in [0.05, 0.1) is 7.11 Å². The van der Waals surface area contributed by atoms with E-state index >= 15 is 0 Å². The molecule has 0 amide bonds. The predicted octanol–water partition coefficient (Wildman–Crippen LogP) is 1.72. The zero-order chi connectivity index (χ0) is 14.4. The highest BCUT2D eigenvalue weighted by Gasteiger charge is 2.09. The maximum Gasteiger partial charge on any atom is 0.253 e. The highest BCUT2D eigenvalue weighted by atomic mass is 16.5. The molecule has 0 saturated carbocycles. The molecule has 0 unspecified atom stereocenters. The largest absolute Gasteiger partial charge is 0.493 e. The molecule has 0 saturated heterocycles.